The molecular formula is C25H31NO3Si. The van der Waals surface area contributed by atoms with Crippen molar-refractivity contribution in [3.05, 3.63) is 60.7 Å². The van der Waals surface area contributed by atoms with Crippen LogP contribution in [-0.2, 0) is 14.1 Å². The lowest BCUT2D eigenvalue weighted by molar-refractivity contribution is -0.173. The molecule has 0 heterocycles. The van der Waals surface area contributed by atoms with Crippen molar-refractivity contribution in [2.24, 2.45) is 23.2 Å². The lowest BCUT2D eigenvalue weighted by atomic mass is 10.1. The number of nitrogens with zero attached hydrogens (tertiary/aromatic N) is 1. The fourth-order valence-electron chi connectivity index (χ4n) is 6.47. The molecule has 4 fully saturated rings. The summed E-state index contributed by atoms with van der Waals surface area (Å²) in [7, 11) is 0.711. The van der Waals surface area contributed by atoms with Gasteiger partial charge in [0.05, 0.1) is 18.6 Å². The summed E-state index contributed by atoms with van der Waals surface area (Å²) >= 11 is 0. The first-order chi connectivity index (χ1) is 14.3. The van der Waals surface area contributed by atoms with E-state index in [-0.39, 0.29) is 22.5 Å². The first-order valence-electron chi connectivity index (χ1n) is 10.9. The number of rotatable bonds is 6. The second-order valence-electron chi connectivity index (χ2n) is 10.1. The number of benzene rings is 2. The molecule has 4 aliphatic rings. The Bertz CT molecular complexity index is 912. The molecule has 158 valence electrons. The zero-order valence-electron chi connectivity index (χ0n) is 18.5. The second kappa shape index (κ2) is 6.52. The van der Waals surface area contributed by atoms with Crippen molar-refractivity contribution in [3.8, 4) is 0 Å². The normalized spacial score (nSPS) is 31.2. The monoisotopic (exact) mass is 421 g/mol. The van der Waals surface area contributed by atoms with Crippen molar-refractivity contribution < 1.29 is 14.1 Å². The molecule has 4 nitrogen and oxygen atoms in total. The summed E-state index contributed by atoms with van der Waals surface area (Å²) in [6, 6.07) is 21.5. The van der Waals surface area contributed by atoms with E-state index in [0.29, 0.717) is 17.8 Å². The zero-order valence-corrected chi connectivity index (χ0v) is 19.5. The zero-order chi connectivity index (χ0) is 21.3. The Balaban J connectivity index is 1.53. The maximum atomic E-state index is 13.0. The highest BCUT2D eigenvalue weighted by atomic mass is 28.4. The molecular weight excluding hydrogens is 390 g/mol. The van der Waals surface area contributed by atoms with Crippen LogP contribution in [0, 0.1) is 23.2 Å². The number of hydroxylamine groups is 2. The Morgan fingerprint density at radius 1 is 1.00 bits per heavy atom. The van der Waals surface area contributed by atoms with Crippen molar-refractivity contribution in [2.45, 2.75) is 38.3 Å². The fourth-order valence-corrected chi connectivity index (χ4v) is 11.2. The highest BCUT2D eigenvalue weighted by Gasteiger charge is 2.96. The number of hydrogen-bond acceptors (Lipinski definition) is 3. The summed E-state index contributed by atoms with van der Waals surface area (Å²) < 4.78 is 7.33. The van der Waals surface area contributed by atoms with Crippen molar-refractivity contribution >= 4 is 24.6 Å². The van der Waals surface area contributed by atoms with Crippen molar-refractivity contribution in [1.29, 1.82) is 0 Å². The van der Waals surface area contributed by atoms with Gasteiger partial charge in [-0.2, -0.15) is 0 Å². The Morgan fingerprint density at radius 2 is 1.53 bits per heavy atom. The van der Waals surface area contributed by atoms with Gasteiger partial charge in [-0.1, -0.05) is 81.4 Å². The maximum Gasteiger partial charge on any atom is 0.261 e. The standard InChI is InChI=1S/C25H31NO3Si/c1-24(2,3)30(17-12-8-6-9-13-17,18-14-10-7-11-15-18)29-20-16-19-21-22(20)25(19,21)23(27)26(4)28-5/h6-15,19-22H,16H2,1-5H3/t19-,20?,21-,22?,25?/m1/s1. The third-order valence-corrected chi connectivity index (χ3v) is 12.9. The Labute approximate surface area is 180 Å². The maximum absolute atomic E-state index is 13.0. The van der Waals surface area contributed by atoms with Gasteiger partial charge >= 0.3 is 0 Å². The molecule has 6 rings (SSSR count). The lowest BCUT2D eigenvalue weighted by Crippen LogP contribution is -2.67. The quantitative estimate of drug-likeness (QED) is 0.531. The number of carbonyl (C=O) groups is 1. The predicted molar refractivity (Wildman–Crippen MR) is 120 cm³/mol. The van der Waals surface area contributed by atoms with Crippen LogP contribution in [0.4, 0.5) is 0 Å². The first-order valence-corrected chi connectivity index (χ1v) is 12.8. The van der Waals surface area contributed by atoms with Crippen LogP contribution in [0.15, 0.2) is 60.7 Å². The van der Waals surface area contributed by atoms with Crippen LogP contribution in [0.1, 0.15) is 27.2 Å². The van der Waals surface area contributed by atoms with Crippen LogP contribution in [0.2, 0.25) is 5.04 Å². The largest absolute Gasteiger partial charge is 0.404 e. The smallest absolute Gasteiger partial charge is 0.261 e. The number of amides is 1. The minimum absolute atomic E-state index is 0.0431. The van der Waals surface area contributed by atoms with Crippen molar-refractivity contribution in [2.75, 3.05) is 14.2 Å². The highest BCUT2D eigenvalue weighted by Crippen LogP contribution is 2.92. The van der Waals surface area contributed by atoms with Crippen LogP contribution in [0.3, 0.4) is 0 Å². The summed E-state index contributed by atoms with van der Waals surface area (Å²) in [6.07, 6.45) is 1.13. The van der Waals surface area contributed by atoms with Crippen molar-refractivity contribution in [3.63, 3.8) is 0 Å². The third-order valence-electron chi connectivity index (χ3n) is 7.88. The van der Waals surface area contributed by atoms with Gasteiger partial charge in [-0.15, -0.1) is 0 Å². The molecule has 2 aromatic rings. The summed E-state index contributed by atoms with van der Waals surface area (Å²) in [6.45, 7) is 6.93. The molecule has 5 atom stereocenters. The van der Waals surface area contributed by atoms with E-state index in [4.69, 9.17) is 9.26 Å². The van der Waals surface area contributed by atoms with E-state index in [1.165, 1.54) is 15.4 Å². The predicted octanol–water partition coefficient (Wildman–Crippen LogP) is 3.22. The Morgan fingerprint density at radius 3 is 1.97 bits per heavy atom. The van der Waals surface area contributed by atoms with Gasteiger partial charge < -0.3 is 4.43 Å². The minimum Gasteiger partial charge on any atom is -0.404 e. The molecule has 0 N–H and O–H groups in total. The van der Waals surface area contributed by atoms with Crippen LogP contribution in [0.25, 0.3) is 0 Å². The summed E-state index contributed by atoms with van der Waals surface area (Å²) in [5.74, 6) is 1.44. The number of fused-ring (bicyclic) bond motifs is 1. The van der Waals surface area contributed by atoms with Gasteiger partial charge in [-0.3, -0.25) is 9.63 Å². The van der Waals surface area contributed by atoms with Crippen LogP contribution < -0.4 is 10.4 Å². The van der Waals surface area contributed by atoms with E-state index < -0.39 is 8.32 Å². The first kappa shape index (κ1) is 20.0. The minimum atomic E-state index is -2.58. The van der Waals surface area contributed by atoms with E-state index in [9.17, 15) is 4.79 Å². The lowest BCUT2D eigenvalue weighted by Gasteiger charge is -2.44. The molecule has 2 bridgehead atoms. The van der Waals surface area contributed by atoms with Gasteiger partial charge in [0.2, 0.25) is 0 Å². The molecule has 2 aromatic carbocycles. The molecule has 0 saturated heterocycles. The molecule has 5 heteroatoms. The van der Waals surface area contributed by atoms with Crippen LogP contribution in [0.5, 0.6) is 0 Å². The Hall–Kier alpha value is -1.95. The molecule has 3 unspecified atom stereocenters. The third kappa shape index (κ3) is 2.43. The van der Waals surface area contributed by atoms with E-state index in [1.54, 1.807) is 14.2 Å². The van der Waals surface area contributed by atoms with E-state index in [2.05, 4.69) is 81.4 Å². The van der Waals surface area contributed by atoms with E-state index >= 15 is 0 Å². The summed E-state index contributed by atoms with van der Waals surface area (Å²) in [5.41, 5.74) is -0.208. The van der Waals surface area contributed by atoms with Gasteiger partial charge in [0.15, 0.2) is 0 Å². The SMILES string of the molecule is CON(C)C(=O)C12C3C(O[Si](c4ccccc4)(c4ccccc4)C(C)(C)C)C[C@@H]1[C@H]32. The average molecular weight is 422 g/mol. The average Bonchev–Trinajstić information content (AvgIpc) is 3.51. The van der Waals surface area contributed by atoms with E-state index in [1.807, 2.05) is 0 Å². The molecule has 4 aliphatic carbocycles. The molecule has 0 radical (unpaired) electrons. The van der Waals surface area contributed by atoms with Gasteiger partial charge in [-0.25, -0.2) is 5.06 Å². The molecule has 1 amide bonds. The molecule has 4 saturated carbocycles. The van der Waals surface area contributed by atoms with Gasteiger partial charge in [-0.05, 0) is 33.7 Å². The molecule has 0 spiro atoms. The van der Waals surface area contributed by atoms with Crippen LogP contribution >= 0.6 is 0 Å². The number of carbonyl (C=O) groups excluding carboxylic acids is 1. The van der Waals surface area contributed by atoms with Gasteiger partial charge in [0.1, 0.15) is 0 Å². The summed E-state index contributed by atoms with van der Waals surface area (Å²) in [4.78, 5) is 18.2. The molecule has 30 heavy (non-hydrogen) atoms. The topological polar surface area (TPSA) is 38.8 Å². The highest BCUT2D eigenvalue weighted by molar-refractivity contribution is 6.99. The molecule has 0 aliphatic heterocycles. The Kier molecular flexibility index (Phi) is 4.34. The van der Waals surface area contributed by atoms with Gasteiger partial charge in [0, 0.05) is 13.0 Å². The fraction of sp³-hybridized carbons (Fsp3) is 0.480. The number of hydrogen-bond donors (Lipinski definition) is 0. The second-order valence-corrected chi connectivity index (χ2v) is 14.4. The van der Waals surface area contributed by atoms with Crippen molar-refractivity contribution in [1.82, 2.24) is 5.06 Å². The van der Waals surface area contributed by atoms with Gasteiger partial charge in [0.25, 0.3) is 14.2 Å². The van der Waals surface area contributed by atoms with Crippen LogP contribution in [-0.4, -0.2) is 39.5 Å². The summed E-state index contributed by atoms with van der Waals surface area (Å²) in [5, 5.41) is 3.98. The van der Waals surface area contributed by atoms with E-state index in [0.717, 1.165) is 6.42 Å². The molecule has 0 aromatic heterocycles.